The van der Waals surface area contributed by atoms with E-state index in [9.17, 15) is 9.18 Å². The maximum atomic E-state index is 13.2. The van der Waals surface area contributed by atoms with Crippen molar-refractivity contribution in [1.29, 1.82) is 0 Å². The number of thioether (sulfide) groups is 1. The van der Waals surface area contributed by atoms with E-state index in [1.807, 2.05) is 9.47 Å². The largest absolute Gasteiger partial charge is 0.342 e. The van der Waals surface area contributed by atoms with Crippen molar-refractivity contribution in [2.75, 3.05) is 18.8 Å². The molecule has 2 fully saturated rings. The molecule has 0 unspecified atom stereocenters. The van der Waals surface area contributed by atoms with Crippen LogP contribution in [-0.2, 0) is 11.3 Å². The fourth-order valence-electron chi connectivity index (χ4n) is 4.55. The maximum absolute atomic E-state index is 13.2. The molecule has 1 aliphatic carbocycles. The summed E-state index contributed by atoms with van der Waals surface area (Å²) in [5, 5.41) is 9.24. The molecule has 5 nitrogen and oxygen atoms in total. The van der Waals surface area contributed by atoms with Crippen molar-refractivity contribution in [3.63, 3.8) is 0 Å². The van der Waals surface area contributed by atoms with Crippen LogP contribution in [0.25, 0.3) is 11.4 Å². The number of hydrogen-bond acceptors (Lipinski definition) is 4. The minimum Gasteiger partial charge on any atom is -0.342 e. The van der Waals surface area contributed by atoms with Crippen LogP contribution in [0.3, 0.4) is 0 Å². The van der Waals surface area contributed by atoms with Crippen molar-refractivity contribution < 1.29 is 9.18 Å². The van der Waals surface area contributed by atoms with Gasteiger partial charge in [0, 0.05) is 25.2 Å². The monoisotopic (exact) mass is 414 g/mol. The van der Waals surface area contributed by atoms with Gasteiger partial charge >= 0.3 is 0 Å². The number of hydrogen-bond donors (Lipinski definition) is 0. The number of piperidine rings is 1. The van der Waals surface area contributed by atoms with Crippen molar-refractivity contribution in [3.8, 4) is 11.4 Å². The number of carbonyl (C=O) groups excluding carboxylic acids is 1. The first kappa shape index (κ1) is 20.1. The van der Waals surface area contributed by atoms with Crippen molar-refractivity contribution in [1.82, 2.24) is 19.7 Å². The van der Waals surface area contributed by atoms with Crippen LogP contribution in [0.1, 0.15) is 32.1 Å². The van der Waals surface area contributed by atoms with Crippen LogP contribution < -0.4 is 0 Å². The summed E-state index contributed by atoms with van der Waals surface area (Å²) in [7, 11) is 0. The van der Waals surface area contributed by atoms with E-state index in [-0.39, 0.29) is 11.7 Å². The van der Waals surface area contributed by atoms with Crippen molar-refractivity contribution in [2.45, 2.75) is 43.8 Å². The summed E-state index contributed by atoms with van der Waals surface area (Å²) in [6.45, 7) is 6.13. The fourth-order valence-corrected chi connectivity index (χ4v) is 5.40. The number of aromatic nitrogens is 3. The lowest BCUT2D eigenvalue weighted by Crippen LogP contribution is -2.45. The lowest BCUT2D eigenvalue weighted by Gasteiger charge is -2.41. The Bertz CT molecular complexity index is 866. The molecule has 4 rings (SSSR count). The van der Waals surface area contributed by atoms with Crippen LogP contribution >= 0.6 is 11.8 Å². The zero-order valence-electron chi connectivity index (χ0n) is 16.6. The first-order valence-corrected chi connectivity index (χ1v) is 11.3. The summed E-state index contributed by atoms with van der Waals surface area (Å²) >= 11 is 1.41. The highest BCUT2D eigenvalue weighted by Gasteiger charge is 2.32. The Morgan fingerprint density at radius 2 is 1.93 bits per heavy atom. The minimum absolute atomic E-state index is 0.176. The molecular formula is C22H27FN4OS. The SMILES string of the molecule is C=CCn1c(SCC(=O)N2CC[C@@H]3CCCC[C@@H]3C2)nnc1-c1ccc(F)cc1. The number of rotatable bonds is 6. The number of fused-ring (bicyclic) bond motifs is 1. The molecule has 1 aliphatic heterocycles. The molecule has 154 valence electrons. The van der Waals surface area contributed by atoms with Gasteiger partial charge in [-0.05, 0) is 48.9 Å². The second kappa shape index (κ2) is 9.11. The van der Waals surface area contributed by atoms with Gasteiger partial charge < -0.3 is 4.90 Å². The number of likely N-dealkylation sites (tertiary alicyclic amines) is 1. The molecule has 0 radical (unpaired) electrons. The number of nitrogens with zero attached hydrogens (tertiary/aromatic N) is 4. The maximum Gasteiger partial charge on any atom is 0.233 e. The van der Waals surface area contributed by atoms with Gasteiger partial charge in [-0.25, -0.2) is 4.39 Å². The van der Waals surface area contributed by atoms with Crippen molar-refractivity contribution in [2.24, 2.45) is 11.8 Å². The highest BCUT2D eigenvalue weighted by atomic mass is 32.2. The van der Waals surface area contributed by atoms with Gasteiger partial charge in [-0.1, -0.05) is 37.1 Å². The van der Waals surface area contributed by atoms with Gasteiger partial charge in [0.2, 0.25) is 5.91 Å². The molecule has 1 saturated carbocycles. The molecule has 0 bridgehead atoms. The van der Waals surface area contributed by atoms with Crippen molar-refractivity contribution >= 4 is 17.7 Å². The smallest absolute Gasteiger partial charge is 0.233 e. The number of halogens is 1. The Balaban J connectivity index is 1.42. The van der Waals surface area contributed by atoms with E-state index in [1.54, 1.807) is 18.2 Å². The Morgan fingerprint density at radius 1 is 1.17 bits per heavy atom. The third-order valence-corrected chi connectivity index (χ3v) is 7.05. The van der Waals surface area contributed by atoms with E-state index in [2.05, 4.69) is 16.8 Å². The minimum atomic E-state index is -0.287. The summed E-state index contributed by atoms with van der Waals surface area (Å²) in [5.74, 6) is 2.40. The molecule has 0 spiro atoms. The molecule has 2 atom stereocenters. The van der Waals surface area contributed by atoms with E-state index in [0.717, 1.165) is 31.0 Å². The van der Waals surface area contributed by atoms with Crippen LogP contribution in [0.2, 0.25) is 0 Å². The zero-order chi connectivity index (χ0) is 20.2. The standard InChI is InChI=1S/C22H27FN4OS/c1-2-12-27-21(17-7-9-19(23)10-8-17)24-25-22(27)29-15-20(28)26-13-11-16-5-3-4-6-18(16)14-26/h2,7-10,16,18H,1,3-6,11-15H2/t16-,18+/m0/s1. The van der Waals surface area contributed by atoms with Crippen molar-refractivity contribution in [3.05, 3.63) is 42.7 Å². The van der Waals surface area contributed by atoms with Gasteiger partial charge in [-0.2, -0.15) is 0 Å². The normalized spacial score (nSPS) is 21.6. The van der Waals surface area contributed by atoms with E-state index in [4.69, 9.17) is 0 Å². The van der Waals surface area contributed by atoms with Crippen LogP contribution in [0.15, 0.2) is 42.1 Å². The predicted molar refractivity (Wildman–Crippen MR) is 113 cm³/mol. The van der Waals surface area contributed by atoms with Gasteiger partial charge in [-0.3, -0.25) is 9.36 Å². The number of amides is 1. The third-order valence-electron chi connectivity index (χ3n) is 6.10. The lowest BCUT2D eigenvalue weighted by atomic mass is 9.75. The van der Waals surface area contributed by atoms with Crippen LogP contribution in [0.5, 0.6) is 0 Å². The Hall–Kier alpha value is -2.15. The van der Waals surface area contributed by atoms with Gasteiger partial charge in [-0.15, -0.1) is 16.8 Å². The fraction of sp³-hybridized carbons (Fsp3) is 0.500. The Kier molecular flexibility index (Phi) is 6.33. The molecule has 1 amide bonds. The second-order valence-electron chi connectivity index (χ2n) is 7.93. The molecule has 29 heavy (non-hydrogen) atoms. The highest BCUT2D eigenvalue weighted by Crippen LogP contribution is 2.36. The van der Waals surface area contributed by atoms with Gasteiger partial charge in [0.05, 0.1) is 5.75 Å². The molecule has 1 aromatic carbocycles. The summed E-state index contributed by atoms with van der Waals surface area (Å²) in [6.07, 6.45) is 8.15. The average molecular weight is 415 g/mol. The van der Waals surface area contributed by atoms with Crippen LogP contribution in [0.4, 0.5) is 4.39 Å². The van der Waals surface area contributed by atoms with E-state index in [1.165, 1.54) is 49.6 Å². The highest BCUT2D eigenvalue weighted by molar-refractivity contribution is 7.99. The van der Waals surface area contributed by atoms with Gasteiger partial charge in [0.1, 0.15) is 5.82 Å². The van der Waals surface area contributed by atoms with E-state index in [0.29, 0.717) is 29.2 Å². The summed E-state index contributed by atoms with van der Waals surface area (Å²) in [5.41, 5.74) is 0.790. The quantitative estimate of drug-likeness (QED) is 0.519. The van der Waals surface area contributed by atoms with Crippen LogP contribution in [-0.4, -0.2) is 44.4 Å². The molecule has 2 heterocycles. The molecule has 7 heteroatoms. The average Bonchev–Trinajstić information content (AvgIpc) is 3.15. The van der Waals surface area contributed by atoms with E-state index < -0.39 is 0 Å². The topological polar surface area (TPSA) is 51.0 Å². The predicted octanol–water partition coefficient (Wildman–Crippen LogP) is 4.40. The molecule has 1 saturated heterocycles. The zero-order valence-corrected chi connectivity index (χ0v) is 17.4. The molecule has 0 N–H and O–H groups in total. The Labute approximate surface area is 175 Å². The third kappa shape index (κ3) is 4.55. The van der Waals surface area contributed by atoms with E-state index >= 15 is 0 Å². The first-order valence-electron chi connectivity index (χ1n) is 10.4. The number of allylic oxidation sites excluding steroid dienone is 1. The lowest BCUT2D eigenvalue weighted by molar-refractivity contribution is -0.131. The second-order valence-corrected chi connectivity index (χ2v) is 8.88. The number of carbonyl (C=O) groups is 1. The number of benzene rings is 1. The molecule has 2 aromatic rings. The molecular weight excluding hydrogens is 387 g/mol. The Morgan fingerprint density at radius 3 is 2.69 bits per heavy atom. The summed E-state index contributed by atoms with van der Waals surface area (Å²) in [6, 6.07) is 6.20. The first-order chi connectivity index (χ1) is 14.2. The molecule has 1 aromatic heterocycles. The van der Waals surface area contributed by atoms with Gasteiger partial charge in [0.15, 0.2) is 11.0 Å². The molecule has 2 aliphatic rings. The summed E-state index contributed by atoms with van der Waals surface area (Å²) in [4.78, 5) is 14.9. The van der Waals surface area contributed by atoms with Gasteiger partial charge in [0.25, 0.3) is 0 Å². The summed E-state index contributed by atoms with van der Waals surface area (Å²) < 4.78 is 15.2. The van der Waals surface area contributed by atoms with Crippen LogP contribution in [0, 0.1) is 17.7 Å².